The van der Waals surface area contributed by atoms with E-state index >= 15 is 0 Å². The monoisotopic (exact) mass is 629 g/mol. The van der Waals surface area contributed by atoms with Gasteiger partial charge in [-0.05, 0) is 79.3 Å². The number of aliphatic imine (C=N–C) groups is 1. The van der Waals surface area contributed by atoms with Crippen LogP contribution in [0.1, 0.15) is 29.0 Å². The summed E-state index contributed by atoms with van der Waals surface area (Å²) in [6.07, 6.45) is -0.578. The lowest BCUT2D eigenvalue weighted by Gasteiger charge is -2.33. The fourth-order valence-corrected chi connectivity index (χ4v) is 7.56. The van der Waals surface area contributed by atoms with E-state index < -0.39 is 0 Å². The molecule has 0 fully saturated rings. The second kappa shape index (κ2) is 11.2. The molecule has 2 heterocycles. The third-order valence-corrected chi connectivity index (χ3v) is 9.90. The van der Waals surface area contributed by atoms with Crippen molar-refractivity contribution in [2.75, 3.05) is 0 Å². The predicted molar refractivity (Wildman–Crippen MR) is 203 cm³/mol. The highest BCUT2D eigenvalue weighted by Crippen LogP contribution is 2.40. The molecular formula is C45H31N3O. The summed E-state index contributed by atoms with van der Waals surface area (Å²) in [6.45, 7) is 0. The van der Waals surface area contributed by atoms with Gasteiger partial charge in [0.25, 0.3) is 0 Å². The zero-order valence-corrected chi connectivity index (χ0v) is 26.6. The number of amidine groups is 1. The van der Waals surface area contributed by atoms with Crippen LogP contribution in [-0.4, -0.2) is 5.84 Å². The van der Waals surface area contributed by atoms with Crippen LogP contribution in [0.15, 0.2) is 173 Å². The lowest BCUT2D eigenvalue weighted by molar-refractivity contribution is 0.411. The smallest absolute Gasteiger partial charge is 0.136 e. The summed E-state index contributed by atoms with van der Waals surface area (Å²) in [5.74, 6) is 0.856. The van der Waals surface area contributed by atoms with Crippen molar-refractivity contribution >= 4 is 60.1 Å². The molecule has 4 nitrogen and oxygen atoms in total. The molecule has 4 heteroatoms. The maximum atomic E-state index is 6.53. The Bertz CT molecular complexity index is 2740. The maximum Gasteiger partial charge on any atom is 0.136 e. The molecule has 10 rings (SSSR count). The molecule has 9 aromatic rings. The highest BCUT2D eigenvalue weighted by molar-refractivity contribution is 6.19. The Hall–Kier alpha value is -6.23. The molecule has 0 aliphatic carbocycles. The Balaban J connectivity index is 1.23. The molecule has 1 aliphatic heterocycles. The topological polar surface area (TPSA) is 49.6 Å². The van der Waals surface area contributed by atoms with Gasteiger partial charge in [-0.25, -0.2) is 4.99 Å². The molecule has 232 valence electrons. The standard InChI is InChI=1S/C45H31N3O/c1-2-12-28(13-3-1)33-26-39(42-37-20-10-11-21-40(37)49-41(42)27-33)45-47-43(32-23-22-29-14-4-5-15-30(29)24-32)46-44(48-45)38-25-31-16-6-7-17-34(31)35-18-8-9-19-36(35)38/h1-27,43,45,47H,(H,46,48). The molecule has 49 heavy (non-hydrogen) atoms. The third kappa shape index (κ3) is 4.68. The molecule has 1 aromatic heterocycles. The van der Waals surface area contributed by atoms with Gasteiger partial charge in [0, 0.05) is 21.9 Å². The van der Waals surface area contributed by atoms with Crippen LogP contribution < -0.4 is 10.6 Å². The van der Waals surface area contributed by atoms with E-state index in [1.54, 1.807) is 0 Å². The van der Waals surface area contributed by atoms with Crippen molar-refractivity contribution in [2.45, 2.75) is 12.3 Å². The second-order valence-electron chi connectivity index (χ2n) is 12.8. The van der Waals surface area contributed by atoms with Crippen molar-refractivity contribution in [1.29, 1.82) is 0 Å². The molecule has 2 N–H and O–H groups in total. The number of hydrogen-bond acceptors (Lipinski definition) is 4. The molecular weight excluding hydrogens is 599 g/mol. The van der Waals surface area contributed by atoms with Crippen LogP contribution in [0.4, 0.5) is 0 Å². The van der Waals surface area contributed by atoms with Crippen LogP contribution in [0.5, 0.6) is 0 Å². The van der Waals surface area contributed by atoms with E-state index in [1.165, 1.54) is 32.3 Å². The Morgan fingerprint density at radius 2 is 1.18 bits per heavy atom. The van der Waals surface area contributed by atoms with Crippen molar-refractivity contribution in [2.24, 2.45) is 4.99 Å². The number of nitrogens with zero attached hydrogens (tertiary/aromatic N) is 1. The number of rotatable bonds is 4. The number of fused-ring (bicyclic) bond motifs is 7. The van der Waals surface area contributed by atoms with Crippen LogP contribution in [-0.2, 0) is 0 Å². The highest BCUT2D eigenvalue weighted by atomic mass is 16.3. The first-order valence-electron chi connectivity index (χ1n) is 16.8. The first-order chi connectivity index (χ1) is 24.3. The molecule has 1 aliphatic rings. The van der Waals surface area contributed by atoms with Crippen molar-refractivity contribution in [3.63, 3.8) is 0 Å². The normalized spacial score (nSPS) is 16.4. The second-order valence-corrected chi connectivity index (χ2v) is 12.8. The van der Waals surface area contributed by atoms with Gasteiger partial charge in [-0.15, -0.1) is 0 Å². The van der Waals surface area contributed by atoms with Gasteiger partial charge in [0.05, 0.1) is 0 Å². The summed E-state index contributed by atoms with van der Waals surface area (Å²) in [5.41, 5.74) is 7.26. The fraction of sp³-hybridized carbons (Fsp3) is 0.0444. The van der Waals surface area contributed by atoms with Gasteiger partial charge in [0.1, 0.15) is 29.3 Å². The molecule has 2 atom stereocenters. The number of furan rings is 1. The van der Waals surface area contributed by atoms with Crippen molar-refractivity contribution < 1.29 is 4.42 Å². The summed E-state index contributed by atoms with van der Waals surface area (Å²) in [6, 6.07) is 58.1. The van der Waals surface area contributed by atoms with E-state index in [1.807, 2.05) is 12.1 Å². The zero-order chi connectivity index (χ0) is 32.3. The fourth-order valence-electron chi connectivity index (χ4n) is 7.56. The summed E-state index contributed by atoms with van der Waals surface area (Å²) >= 11 is 0. The largest absolute Gasteiger partial charge is 0.456 e. The zero-order valence-electron chi connectivity index (χ0n) is 26.6. The molecule has 0 bridgehead atoms. The van der Waals surface area contributed by atoms with Crippen molar-refractivity contribution in [3.8, 4) is 11.1 Å². The molecule has 2 unspecified atom stereocenters. The van der Waals surface area contributed by atoms with Crippen LogP contribution in [0, 0.1) is 0 Å². The van der Waals surface area contributed by atoms with Crippen LogP contribution >= 0.6 is 0 Å². The predicted octanol–water partition coefficient (Wildman–Crippen LogP) is 11.0. The summed E-state index contributed by atoms with van der Waals surface area (Å²) in [7, 11) is 0. The average molecular weight is 630 g/mol. The van der Waals surface area contributed by atoms with Crippen LogP contribution in [0.25, 0.3) is 65.4 Å². The molecule has 8 aromatic carbocycles. The van der Waals surface area contributed by atoms with Gasteiger partial charge in [0.2, 0.25) is 0 Å². The molecule has 0 radical (unpaired) electrons. The Kier molecular flexibility index (Phi) is 6.36. The first kappa shape index (κ1) is 27.8. The lowest BCUT2D eigenvalue weighted by Crippen LogP contribution is -2.45. The summed E-state index contributed by atoms with van der Waals surface area (Å²) in [5, 5.41) is 17.2. The van der Waals surface area contributed by atoms with E-state index in [4.69, 9.17) is 9.41 Å². The van der Waals surface area contributed by atoms with E-state index in [2.05, 4.69) is 162 Å². The lowest BCUT2D eigenvalue weighted by atomic mass is 9.94. The maximum absolute atomic E-state index is 6.53. The molecule has 0 amide bonds. The van der Waals surface area contributed by atoms with Crippen LogP contribution in [0.2, 0.25) is 0 Å². The van der Waals surface area contributed by atoms with Gasteiger partial charge >= 0.3 is 0 Å². The van der Waals surface area contributed by atoms with E-state index in [9.17, 15) is 0 Å². The average Bonchev–Trinajstić information content (AvgIpc) is 3.56. The van der Waals surface area contributed by atoms with Gasteiger partial charge in [-0.2, -0.15) is 0 Å². The number of benzene rings is 8. The van der Waals surface area contributed by atoms with Gasteiger partial charge in [-0.1, -0.05) is 133 Å². The quantitative estimate of drug-likeness (QED) is 0.190. The van der Waals surface area contributed by atoms with Gasteiger partial charge in [0.15, 0.2) is 0 Å². The van der Waals surface area contributed by atoms with Crippen LogP contribution in [0.3, 0.4) is 0 Å². The van der Waals surface area contributed by atoms with E-state index in [0.717, 1.165) is 55.6 Å². The highest BCUT2D eigenvalue weighted by Gasteiger charge is 2.29. The minimum atomic E-state index is -0.370. The summed E-state index contributed by atoms with van der Waals surface area (Å²) < 4.78 is 6.53. The minimum absolute atomic E-state index is 0.207. The Morgan fingerprint density at radius 3 is 2.04 bits per heavy atom. The SMILES string of the molecule is c1ccc(-c2cc(C3N=C(c4cc5ccccc5c5ccccc45)NC(c4ccc5ccccc5c4)N3)c3c(c2)oc2ccccc23)cc1. The number of nitrogens with one attached hydrogen (secondary N) is 2. The van der Waals surface area contributed by atoms with E-state index in [-0.39, 0.29) is 12.3 Å². The molecule has 0 saturated carbocycles. The van der Waals surface area contributed by atoms with E-state index in [0.29, 0.717) is 0 Å². The van der Waals surface area contributed by atoms with Gasteiger partial charge < -0.3 is 9.73 Å². The summed E-state index contributed by atoms with van der Waals surface area (Å²) in [4.78, 5) is 5.54. The number of para-hydroxylation sites is 1. The first-order valence-corrected chi connectivity index (χ1v) is 16.8. The van der Waals surface area contributed by atoms with Gasteiger partial charge in [-0.3, -0.25) is 5.32 Å². The Labute approximate surface area is 283 Å². The molecule has 0 saturated heterocycles. The van der Waals surface area contributed by atoms with Crippen molar-refractivity contribution in [3.05, 3.63) is 180 Å². The number of hydrogen-bond donors (Lipinski definition) is 2. The minimum Gasteiger partial charge on any atom is -0.456 e. The molecule has 0 spiro atoms. The third-order valence-electron chi connectivity index (χ3n) is 9.90. The Morgan fingerprint density at radius 1 is 0.490 bits per heavy atom. The van der Waals surface area contributed by atoms with Crippen molar-refractivity contribution in [1.82, 2.24) is 10.6 Å².